The quantitative estimate of drug-likeness (QED) is 0.111. The minimum absolute atomic E-state index is 0.00310. The maximum absolute atomic E-state index is 14.7. The summed E-state index contributed by atoms with van der Waals surface area (Å²) in [5, 5.41) is 25.9. The monoisotopic (exact) mass is 855 g/mol. The minimum atomic E-state index is -1.56. The summed E-state index contributed by atoms with van der Waals surface area (Å²) in [5.74, 6) is -3.51. The van der Waals surface area contributed by atoms with Crippen molar-refractivity contribution in [2.75, 3.05) is 13.7 Å². The lowest BCUT2D eigenvalue weighted by Crippen LogP contribution is -2.63. The second kappa shape index (κ2) is 20.2. The molecule has 1 aromatic heterocycles. The molecule has 328 valence electrons. The molecular formula is C48H53N7O8. The van der Waals surface area contributed by atoms with E-state index in [0.717, 1.165) is 22.0 Å². The Hall–Kier alpha value is -7.00. The van der Waals surface area contributed by atoms with Crippen molar-refractivity contribution in [2.24, 2.45) is 0 Å². The van der Waals surface area contributed by atoms with E-state index in [-0.39, 0.29) is 32.2 Å². The predicted octanol–water partition coefficient (Wildman–Crippen LogP) is 2.26. The first-order valence-electron chi connectivity index (χ1n) is 21.2. The summed E-state index contributed by atoms with van der Waals surface area (Å²) in [6, 6.07) is 25.0. The summed E-state index contributed by atoms with van der Waals surface area (Å²) in [7, 11) is 1.52. The van der Waals surface area contributed by atoms with Crippen LogP contribution in [-0.4, -0.2) is 106 Å². The number of carbonyl (C=O) groups excluding carboxylic acids is 6. The number of aliphatic hydroxyl groups excluding tert-OH is 1. The molecular weight excluding hydrogens is 803 g/mol. The van der Waals surface area contributed by atoms with Crippen LogP contribution < -0.4 is 31.3 Å². The zero-order valence-electron chi connectivity index (χ0n) is 35.2. The highest BCUT2D eigenvalue weighted by atomic mass is 16.5. The fourth-order valence-electron chi connectivity index (χ4n) is 8.28. The van der Waals surface area contributed by atoms with Gasteiger partial charge in [-0.25, -0.2) is 0 Å². The zero-order valence-corrected chi connectivity index (χ0v) is 35.2. The number of hydrogen-bond donors (Lipinski definition) is 7. The Morgan fingerprint density at radius 3 is 1.71 bits per heavy atom. The third-order valence-electron chi connectivity index (χ3n) is 11.7. The highest BCUT2D eigenvalue weighted by Gasteiger charge is 2.41. The van der Waals surface area contributed by atoms with E-state index in [2.05, 4.69) is 31.6 Å². The number of methoxy groups -OCH3 is 1. The van der Waals surface area contributed by atoms with Crippen LogP contribution in [0.15, 0.2) is 115 Å². The smallest absolute Gasteiger partial charge is 0.246 e. The van der Waals surface area contributed by atoms with Gasteiger partial charge in [-0.1, -0.05) is 91.0 Å². The van der Waals surface area contributed by atoms with Gasteiger partial charge in [0, 0.05) is 49.3 Å². The fraction of sp³-hybridized carbons (Fsp3) is 0.333. The molecule has 2 fully saturated rings. The molecule has 0 radical (unpaired) electrons. The highest BCUT2D eigenvalue weighted by molar-refractivity contribution is 5.99. The first kappa shape index (κ1) is 44.1. The van der Waals surface area contributed by atoms with E-state index in [0.29, 0.717) is 29.7 Å². The number of hydrogen-bond acceptors (Lipinski definition) is 8. The molecule has 2 saturated heterocycles. The summed E-state index contributed by atoms with van der Waals surface area (Å²) in [6.45, 7) is 1.55. The van der Waals surface area contributed by atoms with Crippen LogP contribution >= 0.6 is 0 Å². The molecule has 6 amide bonds. The van der Waals surface area contributed by atoms with Crippen LogP contribution in [0.4, 0.5) is 0 Å². The average Bonchev–Trinajstić information content (AvgIpc) is 3.95. The van der Waals surface area contributed by atoms with E-state index in [1.807, 2.05) is 60.7 Å². The third kappa shape index (κ3) is 10.9. The van der Waals surface area contributed by atoms with Crippen molar-refractivity contribution in [1.29, 1.82) is 0 Å². The van der Waals surface area contributed by atoms with Crippen molar-refractivity contribution >= 4 is 46.3 Å². The molecule has 15 heteroatoms. The molecule has 4 aromatic carbocycles. The van der Waals surface area contributed by atoms with Gasteiger partial charge in [-0.3, -0.25) is 28.8 Å². The molecule has 0 spiro atoms. The summed E-state index contributed by atoms with van der Waals surface area (Å²) in [5.41, 5.74) is 3.62. The molecule has 63 heavy (non-hydrogen) atoms. The molecule has 0 aliphatic carbocycles. The molecule has 7 rings (SSSR count). The number of para-hydroxylation sites is 1. The topological polar surface area (TPSA) is 211 Å². The van der Waals surface area contributed by atoms with Gasteiger partial charge in [0.15, 0.2) is 0 Å². The first-order chi connectivity index (χ1) is 30.5. The Bertz CT molecular complexity index is 2410. The Morgan fingerprint density at radius 2 is 1.11 bits per heavy atom. The Kier molecular flexibility index (Phi) is 14.2. The van der Waals surface area contributed by atoms with Crippen LogP contribution in [0.3, 0.4) is 0 Å². The Balaban J connectivity index is 1.29. The normalized spacial score (nSPS) is 23.3. The van der Waals surface area contributed by atoms with Gasteiger partial charge >= 0.3 is 0 Å². The van der Waals surface area contributed by atoms with E-state index < -0.39 is 77.8 Å². The number of nitrogens with one attached hydrogen (secondary N) is 6. The van der Waals surface area contributed by atoms with E-state index in [1.165, 1.54) is 18.9 Å². The van der Waals surface area contributed by atoms with Crippen molar-refractivity contribution < 1.29 is 38.6 Å². The second-order valence-corrected chi connectivity index (χ2v) is 16.2. The van der Waals surface area contributed by atoms with E-state index in [1.54, 1.807) is 54.7 Å². The summed E-state index contributed by atoms with van der Waals surface area (Å²) < 4.78 is 5.32. The molecule has 7 atom stereocenters. The van der Waals surface area contributed by atoms with Gasteiger partial charge in [-0.2, -0.15) is 0 Å². The van der Waals surface area contributed by atoms with Gasteiger partial charge < -0.3 is 46.3 Å². The molecule has 3 heterocycles. The first-order valence-corrected chi connectivity index (χ1v) is 21.2. The number of benzene rings is 4. The van der Waals surface area contributed by atoms with E-state index in [4.69, 9.17) is 4.74 Å². The van der Waals surface area contributed by atoms with Crippen LogP contribution in [0.2, 0.25) is 0 Å². The molecule has 2 aliphatic heterocycles. The number of carbonyl (C=O) groups is 6. The van der Waals surface area contributed by atoms with Gasteiger partial charge in [0.05, 0.1) is 13.2 Å². The predicted molar refractivity (Wildman–Crippen MR) is 235 cm³/mol. The van der Waals surface area contributed by atoms with Crippen molar-refractivity contribution in [3.05, 3.63) is 138 Å². The number of H-pyrrole nitrogens is 1. The highest BCUT2D eigenvalue weighted by Crippen LogP contribution is 2.23. The number of aromatic amines is 1. The van der Waals surface area contributed by atoms with Gasteiger partial charge in [-0.05, 0) is 60.2 Å². The number of aliphatic hydroxyl groups is 1. The Labute approximate surface area is 365 Å². The standard InChI is InChI=1S/C48H53N7O8/c1-29(56)42-47(61)53-40(26-31-14-7-4-8-15-31)48(62)55-23-11-18-41(55)46(60)52-37(24-30-12-5-3-6-13-30)43(57)51-39(27-33-28-49-36-17-10-9-16-35(33)36)44(58)50-38(45(59)54-42)25-32-19-21-34(63-2)22-20-32/h3-10,12-17,19-22,28-29,37-42,49,56H,11,18,23-27H2,1-2H3,(H,50,58)(H,51,57)(H,52,60)(H,53,61)(H,54,59)/t29-,37+,38+,39-,40+,41+,42+/m1/s1. The minimum Gasteiger partial charge on any atom is -0.497 e. The number of rotatable bonds is 10. The lowest BCUT2D eigenvalue weighted by molar-refractivity contribution is -0.143. The summed E-state index contributed by atoms with van der Waals surface area (Å²) >= 11 is 0. The zero-order chi connectivity index (χ0) is 44.5. The summed E-state index contributed by atoms with van der Waals surface area (Å²) in [4.78, 5) is 91.4. The molecule has 15 nitrogen and oxygen atoms in total. The lowest BCUT2D eigenvalue weighted by atomic mass is 9.99. The number of aromatic nitrogens is 1. The van der Waals surface area contributed by atoms with Crippen LogP contribution in [0.25, 0.3) is 10.9 Å². The van der Waals surface area contributed by atoms with E-state index in [9.17, 15) is 33.9 Å². The van der Waals surface area contributed by atoms with Gasteiger partial charge in [0.25, 0.3) is 0 Å². The SMILES string of the molecule is COc1ccc(C[C@@H]2NC(=O)[C@@H](Cc3c[nH]c4ccccc34)NC(=O)[C@H](Cc3ccccc3)NC(=O)[C@@H]3CCCN3C(=O)[C@H](Cc3ccccc3)NC(=O)[C@H]([C@@H](C)O)NC2=O)cc1. The number of ether oxygens (including phenoxy) is 1. The van der Waals surface area contributed by atoms with Crippen molar-refractivity contribution in [3.63, 3.8) is 0 Å². The maximum Gasteiger partial charge on any atom is 0.246 e. The van der Waals surface area contributed by atoms with Crippen LogP contribution in [0, 0.1) is 0 Å². The van der Waals surface area contributed by atoms with Crippen molar-refractivity contribution in [3.8, 4) is 5.75 Å². The molecule has 0 saturated carbocycles. The van der Waals surface area contributed by atoms with Crippen molar-refractivity contribution in [2.45, 2.75) is 87.8 Å². The molecule has 7 N–H and O–H groups in total. The van der Waals surface area contributed by atoms with E-state index >= 15 is 0 Å². The number of nitrogens with zero attached hydrogens (tertiary/aromatic N) is 1. The third-order valence-corrected chi connectivity index (χ3v) is 11.7. The van der Waals surface area contributed by atoms with Crippen molar-refractivity contribution in [1.82, 2.24) is 36.5 Å². The summed E-state index contributed by atoms with van der Waals surface area (Å²) in [6.07, 6.45) is 1.16. The lowest BCUT2D eigenvalue weighted by Gasteiger charge is -2.32. The van der Waals surface area contributed by atoms with Gasteiger partial charge in [0.2, 0.25) is 35.4 Å². The Morgan fingerprint density at radius 1 is 0.603 bits per heavy atom. The number of amides is 6. The maximum atomic E-state index is 14.7. The molecule has 5 aromatic rings. The van der Waals surface area contributed by atoms with Gasteiger partial charge in [-0.15, -0.1) is 0 Å². The van der Waals surface area contributed by atoms with Gasteiger partial charge in [0.1, 0.15) is 42.0 Å². The number of fused-ring (bicyclic) bond motifs is 2. The van der Waals surface area contributed by atoms with Crippen LogP contribution in [0.1, 0.15) is 42.0 Å². The fourth-order valence-corrected chi connectivity index (χ4v) is 8.28. The van der Waals surface area contributed by atoms with Crippen LogP contribution in [-0.2, 0) is 54.5 Å². The average molecular weight is 856 g/mol. The molecule has 0 bridgehead atoms. The second-order valence-electron chi connectivity index (χ2n) is 16.2. The molecule has 0 unspecified atom stereocenters. The largest absolute Gasteiger partial charge is 0.497 e. The molecule has 2 aliphatic rings. The van der Waals surface area contributed by atoms with Crippen LogP contribution in [0.5, 0.6) is 5.75 Å².